The van der Waals surface area contributed by atoms with Crippen LogP contribution in [0.4, 0.5) is 0 Å². The van der Waals surface area contributed by atoms with Crippen LogP contribution in [0.25, 0.3) is 0 Å². The van der Waals surface area contributed by atoms with Crippen molar-refractivity contribution in [3.8, 4) is 0 Å². The predicted molar refractivity (Wildman–Crippen MR) is 64.1 cm³/mol. The molecule has 0 fully saturated rings. The van der Waals surface area contributed by atoms with E-state index >= 15 is 0 Å². The highest BCUT2D eigenvalue weighted by molar-refractivity contribution is 5.10. The van der Waals surface area contributed by atoms with E-state index in [9.17, 15) is 0 Å². The van der Waals surface area contributed by atoms with Gasteiger partial charge in [-0.1, -0.05) is 27.7 Å². The topological polar surface area (TPSA) is 29.9 Å². The molecule has 0 aromatic carbocycles. The maximum atomic E-state index is 4.57. The summed E-state index contributed by atoms with van der Waals surface area (Å²) in [5.74, 6) is 0. The molecule has 1 aromatic rings. The van der Waals surface area contributed by atoms with E-state index in [1.54, 1.807) is 0 Å². The summed E-state index contributed by atoms with van der Waals surface area (Å²) >= 11 is 0. The van der Waals surface area contributed by atoms with Gasteiger partial charge >= 0.3 is 0 Å². The SMILES string of the molecule is CCc1cc(CC)n(CCNC(C)C)n1. The molecule has 1 N–H and O–H groups in total. The molecular formula is C12H23N3. The number of aromatic nitrogens is 2. The molecular weight excluding hydrogens is 186 g/mol. The van der Waals surface area contributed by atoms with Crippen molar-refractivity contribution in [1.82, 2.24) is 15.1 Å². The standard InChI is InChI=1S/C12H23N3/c1-5-11-9-12(6-2)15(14-11)8-7-13-10(3)4/h9-10,13H,5-8H2,1-4H3. The summed E-state index contributed by atoms with van der Waals surface area (Å²) in [6.45, 7) is 10.6. The second-order valence-electron chi connectivity index (χ2n) is 4.17. The molecule has 3 heteroatoms. The number of aryl methyl sites for hydroxylation is 2. The lowest BCUT2D eigenvalue weighted by Crippen LogP contribution is -2.27. The fourth-order valence-electron chi connectivity index (χ4n) is 1.63. The van der Waals surface area contributed by atoms with E-state index < -0.39 is 0 Å². The molecule has 0 saturated heterocycles. The second kappa shape index (κ2) is 5.91. The van der Waals surface area contributed by atoms with Crippen LogP contribution < -0.4 is 5.32 Å². The van der Waals surface area contributed by atoms with Crippen LogP contribution >= 0.6 is 0 Å². The maximum absolute atomic E-state index is 4.57. The van der Waals surface area contributed by atoms with E-state index in [0.29, 0.717) is 6.04 Å². The fourth-order valence-corrected chi connectivity index (χ4v) is 1.63. The highest BCUT2D eigenvalue weighted by Gasteiger charge is 2.04. The minimum atomic E-state index is 0.552. The van der Waals surface area contributed by atoms with E-state index in [2.05, 4.69) is 48.9 Å². The minimum absolute atomic E-state index is 0.552. The monoisotopic (exact) mass is 209 g/mol. The number of nitrogens with zero attached hydrogens (tertiary/aromatic N) is 2. The van der Waals surface area contributed by atoms with Crippen molar-refractivity contribution in [1.29, 1.82) is 0 Å². The van der Waals surface area contributed by atoms with Gasteiger partial charge in [-0.25, -0.2) is 0 Å². The van der Waals surface area contributed by atoms with Gasteiger partial charge in [-0.2, -0.15) is 5.10 Å². The van der Waals surface area contributed by atoms with Gasteiger partial charge in [0.2, 0.25) is 0 Å². The van der Waals surface area contributed by atoms with Crippen LogP contribution in [0.2, 0.25) is 0 Å². The molecule has 1 rings (SSSR count). The summed E-state index contributed by atoms with van der Waals surface area (Å²) < 4.78 is 2.13. The quantitative estimate of drug-likeness (QED) is 0.776. The van der Waals surface area contributed by atoms with Gasteiger partial charge in [0.05, 0.1) is 12.2 Å². The molecule has 0 unspecified atom stereocenters. The zero-order chi connectivity index (χ0) is 11.3. The summed E-state index contributed by atoms with van der Waals surface area (Å²) in [6.07, 6.45) is 2.09. The molecule has 1 heterocycles. The lowest BCUT2D eigenvalue weighted by Gasteiger charge is -2.09. The molecule has 0 aliphatic heterocycles. The molecule has 86 valence electrons. The highest BCUT2D eigenvalue weighted by Crippen LogP contribution is 2.05. The Bertz CT molecular complexity index is 289. The number of nitrogens with one attached hydrogen (secondary N) is 1. The van der Waals surface area contributed by atoms with Gasteiger partial charge in [0.25, 0.3) is 0 Å². The van der Waals surface area contributed by atoms with Crippen LogP contribution in [0.3, 0.4) is 0 Å². The Hall–Kier alpha value is -0.830. The Morgan fingerprint density at radius 3 is 2.60 bits per heavy atom. The highest BCUT2D eigenvalue weighted by atomic mass is 15.3. The zero-order valence-electron chi connectivity index (χ0n) is 10.4. The molecule has 0 amide bonds. The summed E-state index contributed by atoms with van der Waals surface area (Å²) in [4.78, 5) is 0. The molecule has 0 spiro atoms. The third kappa shape index (κ3) is 3.67. The zero-order valence-corrected chi connectivity index (χ0v) is 10.4. The van der Waals surface area contributed by atoms with Gasteiger partial charge < -0.3 is 5.32 Å². The van der Waals surface area contributed by atoms with Crippen LogP contribution in [-0.2, 0) is 19.4 Å². The lowest BCUT2D eigenvalue weighted by molar-refractivity contribution is 0.503. The Morgan fingerprint density at radius 1 is 1.33 bits per heavy atom. The first-order valence-corrected chi connectivity index (χ1v) is 5.96. The van der Waals surface area contributed by atoms with Crippen molar-refractivity contribution < 1.29 is 0 Å². The summed E-state index contributed by atoms with van der Waals surface area (Å²) in [5.41, 5.74) is 2.55. The molecule has 3 nitrogen and oxygen atoms in total. The Balaban J connectivity index is 2.54. The smallest absolute Gasteiger partial charge is 0.0624 e. The van der Waals surface area contributed by atoms with Gasteiger partial charge in [0.15, 0.2) is 0 Å². The number of rotatable bonds is 6. The lowest BCUT2D eigenvalue weighted by atomic mass is 10.2. The fraction of sp³-hybridized carbons (Fsp3) is 0.750. The van der Waals surface area contributed by atoms with Crippen LogP contribution in [0.15, 0.2) is 6.07 Å². The Labute approximate surface area is 92.9 Å². The van der Waals surface area contributed by atoms with Crippen molar-refractivity contribution >= 4 is 0 Å². The van der Waals surface area contributed by atoms with Crippen molar-refractivity contribution in [2.45, 2.75) is 53.1 Å². The molecule has 0 atom stereocenters. The molecule has 15 heavy (non-hydrogen) atoms. The largest absolute Gasteiger partial charge is 0.313 e. The van der Waals surface area contributed by atoms with Crippen molar-refractivity contribution in [3.05, 3.63) is 17.5 Å². The predicted octanol–water partition coefficient (Wildman–Crippen LogP) is 2.01. The van der Waals surface area contributed by atoms with E-state index in [-0.39, 0.29) is 0 Å². The average molecular weight is 209 g/mol. The Morgan fingerprint density at radius 2 is 2.07 bits per heavy atom. The van der Waals surface area contributed by atoms with Crippen LogP contribution in [0.5, 0.6) is 0 Å². The van der Waals surface area contributed by atoms with Gasteiger partial charge in [0, 0.05) is 18.3 Å². The number of hydrogen-bond acceptors (Lipinski definition) is 2. The molecule has 0 bridgehead atoms. The maximum Gasteiger partial charge on any atom is 0.0624 e. The summed E-state index contributed by atoms with van der Waals surface area (Å²) in [6, 6.07) is 2.77. The first kappa shape index (κ1) is 12.2. The first-order chi connectivity index (χ1) is 7.17. The first-order valence-electron chi connectivity index (χ1n) is 5.96. The van der Waals surface area contributed by atoms with E-state index in [1.807, 2.05) is 0 Å². The normalized spacial score (nSPS) is 11.3. The molecule has 0 saturated carbocycles. The third-order valence-electron chi connectivity index (χ3n) is 2.51. The van der Waals surface area contributed by atoms with Gasteiger partial charge in [-0.05, 0) is 18.9 Å². The van der Waals surface area contributed by atoms with Gasteiger partial charge in [-0.15, -0.1) is 0 Å². The van der Waals surface area contributed by atoms with Gasteiger partial charge in [-0.3, -0.25) is 4.68 Å². The summed E-state index contributed by atoms with van der Waals surface area (Å²) in [7, 11) is 0. The second-order valence-corrected chi connectivity index (χ2v) is 4.17. The van der Waals surface area contributed by atoms with Crippen LogP contribution in [0, 0.1) is 0 Å². The third-order valence-corrected chi connectivity index (χ3v) is 2.51. The minimum Gasteiger partial charge on any atom is -0.313 e. The van der Waals surface area contributed by atoms with Crippen LogP contribution in [0.1, 0.15) is 39.1 Å². The van der Waals surface area contributed by atoms with Gasteiger partial charge in [0.1, 0.15) is 0 Å². The van der Waals surface area contributed by atoms with Crippen molar-refractivity contribution in [2.75, 3.05) is 6.54 Å². The molecule has 0 aliphatic carbocycles. The number of hydrogen-bond donors (Lipinski definition) is 1. The van der Waals surface area contributed by atoms with E-state index in [0.717, 1.165) is 25.9 Å². The van der Waals surface area contributed by atoms with E-state index in [4.69, 9.17) is 0 Å². The Kier molecular flexibility index (Phi) is 4.82. The molecule has 1 aromatic heterocycles. The average Bonchev–Trinajstić information content (AvgIpc) is 2.60. The van der Waals surface area contributed by atoms with Crippen LogP contribution in [-0.4, -0.2) is 22.4 Å². The van der Waals surface area contributed by atoms with E-state index in [1.165, 1.54) is 11.4 Å². The van der Waals surface area contributed by atoms with Crippen molar-refractivity contribution in [3.63, 3.8) is 0 Å². The molecule has 0 aliphatic rings. The van der Waals surface area contributed by atoms with Crippen molar-refractivity contribution in [2.24, 2.45) is 0 Å². The summed E-state index contributed by atoms with van der Waals surface area (Å²) in [5, 5.41) is 7.98. The molecule has 0 radical (unpaired) electrons.